The molecular formula is C30H32F2N6O2. The zero-order valence-electron chi connectivity index (χ0n) is 22.5. The van der Waals surface area contributed by atoms with Crippen molar-refractivity contribution >= 4 is 16.9 Å². The number of hydrogen-bond donors (Lipinski definition) is 1. The molecule has 10 heteroatoms. The van der Waals surface area contributed by atoms with Gasteiger partial charge in [-0.2, -0.15) is 10.2 Å². The van der Waals surface area contributed by atoms with E-state index in [0.717, 1.165) is 0 Å². The highest BCUT2D eigenvalue weighted by molar-refractivity contribution is 5.88. The van der Waals surface area contributed by atoms with Crippen LogP contribution in [0.25, 0.3) is 11.0 Å². The summed E-state index contributed by atoms with van der Waals surface area (Å²) in [6.45, 7) is 2.36. The van der Waals surface area contributed by atoms with E-state index in [-0.39, 0.29) is 23.5 Å². The molecule has 6 bridgehead atoms. The van der Waals surface area contributed by atoms with Gasteiger partial charge in [-0.25, -0.2) is 13.6 Å². The lowest BCUT2D eigenvalue weighted by atomic mass is 9.86. The van der Waals surface area contributed by atoms with Crippen LogP contribution in [0.3, 0.4) is 0 Å². The molecule has 0 atom stereocenters. The minimum absolute atomic E-state index is 0.00863. The van der Waals surface area contributed by atoms with Crippen molar-refractivity contribution in [2.45, 2.75) is 56.5 Å². The Balaban J connectivity index is 1.48. The number of halogens is 2. The number of aromatic nitrogens is 3. The van der Waals surface area contributed by atoms with Crippen LogP contribution in [0.5, 0.6) is 0 Å². The van der Waals surface area contributed by atoms with E-state index < -0.39 is 22.9 Å². The molecule has 1 aliphatic carbocycles. The van der Waals surface area contributed by atoms with E-state index >= 15 is 8.78 Å². The van der Waals surface area contributed by atoms with Crippen LogP contribution in [-0.4, -0.2) is 38.7 Å². The van der Waals surface area contributed by atoms with E-state index in [1.165, 1.54) is 21.3 Å². The van der Waals surface area contributed by atoms with Gasteiger partial charge in [-0.05, 0) is 62.9 Å². The SMILES string of the molecule is Cn1c(=O)c(C2(C#N)CC2)cc2c3nc(=O)n(c21)CC/C=C\CN1CCC(CC1)C(F)(F)c1cccc(c1)CN3. The van der Waals surface area contributed by atoms with Gasteiger partial charge in [0.15, 0.2) is 0 Å². The van der Waals surface area contributed by atoms with Gasteiger partial charge in [0.1, 0.15) is 11.5 Å². The average Bonchev–Trinajstić information content (AvgIpc) is 3.76. The smallest absolute Gasteiger partial charge is 0.351 e. The summed E-state index contributed by atoms with van der Waals surface area (Å²) < 4.78 is 34.1. The van der Waals surface area contributed by atoms with Crippen LogP contribution in [0, 0.1) is 17.2 Å². The molecule has 1 N–H and O–H groups in total. The molecule has 1 saturated heterocycles. The maximum absolute atomic E-state index is 15.6. The number of nitrogens with zero attached hydrogens (tertiary/aromatic N) is 5. The standard InChI is InChI=1S/C30H32F2N6O2/c1-36-26-23(17-24(27(36)39)29(19-33)10-11-29)25-34-18-20-6-5-7-22(16-20)30(31,32)21-8-14-37(15-9-21)12-3-2-4-13-38(26)28(40)35-25/h2-3,5-7,16-17,21H,4,8-15,18H2,1H3,(H,34,35,40)/b3-2-. The third-order valence-electron chi connectivity index (χ3n) is 8.73. The number of allylic oxidation sites excluding steroid dienone is 1. The summed E-state index contributed by atoms with van der Waals surface area (Å²) in [5.41, 5.74) is -0.201. The molecule has 9 rings (SSSR count). The number of rotatable bonds is 1. The molecule has 0 amide bonds. The molecule has 208 valence electrons. The topological polar surface area (TPSA) is 96.0 Å². The van der Waals surface area contributed by atoms with Crippen molar-refractivity contribution in [2.24, 2.45) is 13.0 Å². The Bertz CT molecular complexity index is 1660. The van der Waals surface area contributed by atoms with Gasteiger partial charge in [0, 0.05) is 43.7 Å². The van der Waals surface area contributed by atoms with Gasteiger partial charge in [-0.3, -0.25) is 18.8 Å². The maximum Gasteiger partial charge on any atom is 0.351 e. The summed E-state index contributed by atoms with van der Waals surface area (Å²) in [7, 11) is 1.61. The molecule has 3 aromatic rings. The van der Waals surface area contributed by atoms with E-state index in [2.05, 4.69) is 21.3 Å². The van der Waals surface area contributed by atoms with Gasteiger partial charge in [-0.1, -0.05) is 30.4 Å². The van der Waals surface area contributed by atoms with Gasteiger partial charge in [0.25, 0.3) is 11.5 Å². The van der Waals surface area contributed by atoms with Crippen LogP contribution < -0.4 is 16.6 Å². The summed E-state index contributed by atoms with van der Waals surface area (Å²) in [4.78, 5) is 33.2. The number of pyridine rings is 1. The molecule has 40 heavy (non-hydrogen) atoms. The normalized spacial score (nSPS) is 24.4. The molecule has 8 nitrogen and oxygen atoms in total. The predicted octanol–water partition coefficient (Wildman–Crippen LogP) is 4.03. The number of benzene rings is 1. The summed E-state index contributed by atoms with van der Waals surface area (Å²) in [5, 5.41) is 13.5. The quantitative estimate of drug-likeness (QED) is 0.463. The maximum atomic E-state index is 15.6. The molecule has 1 aromatic carbocycles. The molecule has 1 saturated carbocycles. The number of anilines is 1. The number of piperidine rings is 1. The van der Waals surface area contributed by atoms with Crippen molar-refractivity contribution < 1.29 is 8.78 Å². The fraction of sp³-hybridized carbons (Fsp3) is 0.467. The van der Waals surface area contributed by atoms with E-state index in [1.54, 1.807) is 25.2 Å². The lowest BCUT2D eigenvalue weighted by Crippen LogP contribution is -2.39. The molecule has 0 spiro atoms. The van der Waals surface area contributed by atoms with Crippen LogP contribution in [0.1, 0.15) is 48.8 Å². The van der Waals surface area contributed by atoms with Crippen molar-refractivity contribution in [1.29, 1.82) is 5.26 Å². The lowest BCUT2D eigenvalue weighted by Gasteiger charge is -2.35. The molecule has 6 aliphatic rings. The van der Waals surface area contributed by atoms with Crippen molar-refractivity contribution in [3.05, 3.63) is 80.0 Å². The Morgan fingerprint density at radius 1 is 1.10 bits per heavy atom. The summed E-state index contributed by atoms with van der Waals surface area (Å²) in [6.07, 6.45) is 6.59. The zero-order chi connectivity index (χ0) is 28.1. The Morgan fingerprint density at radius 3 is 2.60 bits per heavy atom. The van der Waals surface area contributed by atoms with Crippen LogP contribution in [0.4, 0.5) is 14.6 Å². The number of alkyl halides is 2. The first-order chi connectivity index (χ1) is 19.2. The Hall–Kier alpha value is -3.84. The van der Waals surface area contributed by atoms with Crippen LogP contribution in [-0.2, 0) is 31.5 Å². The molecule has 2 aromatic heterocycles. The second-order valence-electron chi connectivity index (χ2n) is 11.3. The van der Waals surface area contributed by atoms with Gasteiger partial charge in [-0.15, -0.1) is 0 Å². The summed E-state index contributed by atoms with van der Waals surface area (Å²) >= 11 is 0. The highest BCUT2D eigenvalue weighted by Crippen LogP contribution is 2.47. The van der Waals surface area contributed by atoms with E-state index in [9.17, 15) is 14.9 Å². The monoisotopic (exact) mass is 546 g/mol. The van der Waals surface area contributed by atoms with Crippen LogP contribution in [0.2, 0.25) is 0 Å². The van der Waals surface area contributed by atoms with Gasteiger partial charge in [0.05, 0.1) is 16.9 Å². The largest absolute Gasteiger partial charge is 0.365 e. The van der Waals surface area contributed by atoms with Gasteiger partial charge < -0.3 is 5.32 Å². The molecule has 5 aliphatic heterocycles. The predicted molar refractivity (Wildman–Crippen MR) is 148 cm³/mol. The molecule has 0 radical (unpaired) electrons. The number of nitrogens with one attached hydrogen (secondary N) is 1. The molecule has 7 heterocycles. The van der Waals surface area contributed by atoms with Crippen molar-refractivity contribution in [3.8, 4) is 6.07 Å². The lowest BCUT2D eigenvalue weighted by molar-refractivity contribution is -0.0847. The van der Waals surface area contributed by atoms with Crippen LogP contribution >= 0.6 is 0 Å². The van der Waals surface area contributed by atoms with Crippen molar-refractivity contribution in [2.75, 3.05) is 25.0 Å². The minimum atomic E-state index is -2.95. The average molecular weight is 547 g/mol. The molecule has 0 unspecified atom stereocenters. The van der Waals surface area contributed by atoms with E-state index in [4.69, 9.17) is 0 Å². The van der Waals surface area contributed by atoms with Gasteiger partial charge >= 0.3 is 5.69 Å². The molecular weight excluding hydrogens is 514 g/mol. The Labute approximate surface area is 230 Å². The zero-order valence-corrected chi connectivity index (χ0v) is 22.5. The van der Waals surface area contributed by atoms with Crippen molar-refractivity contribution in [1.82, 2.24) is 19.0 Å². The fourth-order valence-corrected chi connectivity index (χ4v) is 6.11. The second-order valence-corrected chi connectivity index (χ2v) is 11.3. The third-order valence-corrected chi connectivity index (χ3v) is 8.73. The van der Waals surface area contributed by atoms with E-state index in [1.807, 2.05) is 12.2 Å². The Morgan fingerprint density at radius 2 is 1.88 bits per heavy atom. The first-order valence-electron chi connectivity index (χ1n) is 13.9. The highest BCUT2D eigenvalue weighted by atomic mass is 19.3. The first-order valence-corrected chi connectivity index (χ1v) is 13.9. The van der Waals surface area contributed by atoms with E-state index in [0.29, 0.717) is 80.4 Å². The highest BCUT2D eigenvalue weighted by Gasteiger charge is 2.47. The number of nitriles is 1. The minimum Gasteiger partial charge on any atom is -0.365 e. The number of hydrogen-bond acceptors (Lipinski definition) is 6. The van der Waals surface area contributed by atoms with Gasteiger partial charge in [0.2, 0.25) is 0 Å². The fourth-order valence-electron chi connectivity index (χ4n) is 6.11. The first kappa shape index (κ1) is 26.4. The van der Waals surface area contributed by atoms with Crippen LogP contribution in [0.15, 0.2) is 52.1 Å². The third kappa shape index (κ3) is 4.52. The van der Waals surface area contributed by atoms with Crippen molar-refractivity contribution in [3.63, 3.8) is 0 Å². The molecule has 2 fully saturated rings. The number of aryl methyl sites for hydroxylation is 2. The Kier molecular flexibility index (Phi) is 6.57. The summed E-state index contributed by atoms with van der Waals surface area (Å²) in [5.74, 6) is -3.40. The summed E-state index contributed by atoms with van der Waals surface area (Å²) in [6, 6.07) is 10.4. The second kappa shape index (κ2) is 9.97.